The van der Waals surface area contributed by atoms with Crippen LogP contribution in [-0.2, 0) is 11.3 Å². The van der Waals surface area contributed by atoms with E-state index in [0.29, 0.717) is 38.7 Å². The molecule has 2 amide bonds. The van der Waals surface area contributed by atoms with E-state index in [4.69, 9.17) is 4.74 Å². The molecule has 88 valence electrons. The third kappa shape index (κ3) is 2.48. The Kier molecular flexibility index (Phi) is 3.35. The maximum Gasteiger partial charge on any atom is 0.320 e. The molecule has 1 N–H and O–H groups in total. The number of morpholine rings is 1. The monoisotopic (exact) mass is 225 g/mol. The van der Waals surface area contributed by atoms with E-state index in [-0.39, 0.29) is 6.03 Å². The minimum absolute atomic E-state index is 0.000278. The molecule has 0 aromatic carbocycles. The van der Waals surface area contributed by atoms with Crippen LogP contribution in [0, 0.1) is 0 Å². The number of urea groups is 1. The number of amides is 2. The third-order valence-corrected chi connectivity index (χ3v) is 2.46. The highest BCUT2D eigenvalue weighted by atomic mass is 16.5. The SMILES string of the molecule is CN(Cc1ncn[nH]1)C(=O)N1CCOCC1. The van der Waals surface area contributed by atoms with Crippen LogP contribution in [0.2, 0.25) is 0 Å². The predicted octanol–water partition coefficient (Wildman–Crippen LogP) is -0.311. The molecule has 1 saturated heterocycles. The number of carbonyl (C=O) groups is 1. The second-order valence-corrected chi connectivity index (χ2v) is 3.67. The lowest BCUT2D eigenvalue weighted by Crippen LogP contribution is -2.46. The van der Waals surface area contributed by atoms with Gasteiger partial charge in [-0.2, -0.15) is 5.10 Å². The number of carbonyl (C=O) groups excluding carboxylic acids is 1. The summed E-state index contributed by atoms with van der Waals surface area (Å²) in [6, 6.07) is -0.000278. The Balaban J connectivity index is 1.88. The number of hydrogen-bond donors (Lipinski definition) is 1. The van der Waals surface area contributed by atoms with E-state index in [1.807, 2.05) is 0 Å². The van der Waals surface area contributed by atoms with Gasteiger partial charge in [-0.05, 0) is 0 Å². The van der Waals surface area contributed by atoms with Crippen LogP contribution in [0.4, 0.5) is 4.79 Å². The fourth-order valence-corrected chi connectivity index (χ4v) is 1.60. The number of rotatable bonds is 2. The first-order valence-electron chi connectivity index (χ1n) is 5.19. The maximum absolute atomic E-state index is 12.0. The van der Waals surface area contributed by atoms with E-state index in [0.717, 1.165) is 0 Å². The molecule has 1 aromatic heterocycles. The third-order valence-electron chi connectivity index (χ3n) is 2.46. The second kappa shape index (κ2) is 4.93. The van der Waals surface area contributed by atoms with Crippen molar-refractivity contribution in [2.45, 2.75) is 6.54 Å². The van der Waals surface area contributed by atoms with E-state index in [9.17, 15) is 4.79 Å². The molecular formula is C9H15N5O2. The van der Waals surface area contributed by atoms with Gasteiger partial charge in [0.05, 0.1) is 19.8 Å². The fraction of sp³-hybridized carbons (Fsp3) is 0.667. The average Bonchev–Trinajstić information content (AvgIpc) is 2.82. The highest BCUT2D eigenvalue weighted by molar-refractivity contribution is 5.74. The second-order valence-electron chi connectivity index (χ2n) is 3.67. The summed E-state index contributed by atoms with van der Waals surface area (Å²) in [5.74, 6) is 0.684. The van der Waals surface area contributed by atoms with Gasteiger partial charge in [0, 0.05) is 20.1 Å². The molecule has 7 nitrogen and oxygen atoms in total. The summed E-state index contributed by atoms with van der Waals surface area (Å²) in [6.45, 7) is 2.97. The van der Waals surface area contributed by atoms with Crippen LogP contribution >= 0.6 is 0 Å². The van der Waals surface area contributed by atoms with Crippen LogP contribution < -0.4 is 0 Å². The first-order valence-corrected chi connectivity index (χ1v) is 5.19. The number of hydrogen-bond acceptors (Lipinski definition) is 4. The Labute approximate surface area is 93.4 Å². The molecule has 7 heteroatoms. The van der Waals surface area contributed by atoms with E-state index >= 15 is 0 Å². The number of H-pyrrole nitrogens is 1. The minimum Gasteiger partial charge on any atom is -0.378 e. The summed E-state index contributed by atoms with van der Waals surface area (Å²) in [6.07, 6.45) is 1.43. The summed E-state index contributed by atoms with van der Waals surface area (Å²) in [4.78, 5) is 19.3. The van der Waals surface area contributed by atoms with Gasteiger partial charge in [0.15, 0.2) is 0 Å². The fourth-order valence-electron chi connectivity index (χ4n) is 1.60. The van der Waals surface area contributed by atoms with Crippen molar-refractivity contribution in [3.05, 3.63) is 12.2 Å². The number of aromatic nitrogens is 3. The zero-order valence-electron chi connectivity index (χ0n) is 9.22. The molecule has 2 rings (SSSR count). The van der Waals surface area contributed by atoms with Crippen LogP contribution in [0.3, 0.4) is 0 Å². The highest BCUT2D eigenvalue weighted by Crippen LogP contribution is 2.03. The molecular weight excluding hydrogens is 210 g/mol. The summed E-state index contributed by atoms with van der Waals surface area (Å²) >= 11 is 0. The van der Waals surface area contributed by atoms with Gasteiger partial charge in [-0.1, -0.05) is 0 Å². The Morgan fingerprint density at radius 1 is 1.62 bits per heavy atom. The molecule has 1 aliphatic heterocycles. The highest BCUT2D eigenvalue weighted by Gasteiger charge is 2.20. The van der Waals surface area contributed by atoms with Gasteiger partial charge in [0.25, 0.3) is 0 Å². The maximum atomic E-state index is 12.0. The topological polar surface area (TPSA) is 74.4 Å². The first-order chi connectivity index (χ1) is 7.77. The van der Waals surface area contributed by atoms with Crippen molar-refractivity contribution in [3.63, 3.8) is 0 Å². The molecule has 1 fully saturated rings. The molecule has 0 aliphatic carbocycles. The normalized spacial score (nSPS) is 16.2. The van der Waals surface area contributed by atoms with E-state index in [1.165, 1.54) is 6.33 Å². The molecule has 1 aliphatic rings. The molecule has 0 saturated carbocycles. The van der Waals surface area contributed by atoms with Crippen molar-refractivity contribution in [1.29, 1.82) is 0 Å². The predicted molar refractivity (Wildman–Crippen MR) is 55.6 cm³/mol. The van der Waals surface area contributed by atoms with Gasteiger partial charge < -0.3 is 14.5 Å². The number of aromatic amines is 1. The Morgan fingerprint density at radius 2 is 2.38 bits per heavy atom. The molecule has 16 heavy (non-hydrogen) atoms. The van der Waals surface area contributed by atoms with Crippen molar-refractivity contribution in [3.8, 4) is 0 Å². The summed E-state index contributed by atoms with van der Waals surface area (Å²) in [5, 5.41) is 6.47. The zero-order chi connectivity index (χ0) is 11.4. The van der Waals surface area contributed by atoms with Crippen molar-refractivity contribution in [1.82, 2.24) is 25.0 Å². The van der Waals surface area contributed by atoms with Gasteiger partial charge in [-0.25, -0.2) is 9.78 Å². The van der Waals surface area contributed by atoms with Gasteiger partial charge >= 0.3 is 6.03 Å². The van der Waals surface area contributed by atoms with Gasteiger partial charge in [-0.3, -0.25) is 5.10 Å². The lowest BCUT2D eigenvalue weighted by molar-refractivity contribution is 0.0446. The Bertz CT molecular complexity index is 334. The van der Waals surface area contributed by atoms with Crippen molar-refractivity contribution in [2.24, 2.45) is 0 Å². The molecule has 2 heterocycles. The van der Waals surface area contributed by atoms with Gasteiger partial charge in [0.2, 0.25) is 0 Å². The lowest BCUT2D eigenvalue weighted by Gasteiger charge is -2.30. The van der Waals surface area contributed by atoms with Crippen LogP contribution in [0.25, 0.3) is 0 Å². The molecule has 1 aromatic rings. The zero-order valence-corrected chi connectivity index (χ0v) is 9.22. The first kappa shape index (κ1) is 10.9. The Hall–Kier alpha value is -1.63. The molecule has 0 radical (unpaired) electrons. The number of ether oxygens (including phenoxy) is 1. The average molecular weight is 225 g/mol. The molecule has 0 spiro atoms. The van der Waals surface area contributed by atoms with Crippen LogP contribution in [0.1, 0.15) is 5.82 Å². The van der Waals surface area contributed by atoms with Gasteiger partial charge in [0.1, 0.15) is 12.2 Å². The van der Waals surface area contributed by atoms with Crippen LogP contribution in [0.5, 0.6) is 0 Å². The quantitative estimate of drug-likeness (QED) is 0.749. The van der Waals surface area contributed by atoms with Crippen molar-refractivity contribution in [2.75, 3.05) is 33.4 Å². The molecule has 0 unspecified atom stereocenters. The van der Waals surface area contributed by atoms with Crippen molar-refractivity contribution < 1.29 is 9.53 Å². The van der Waals surface area contributed by atoms with E-state index < -0.39 is 0 Å². The van der Waals surface area contributed by atoms with Crippen molar-refractivity contribution >= 4 is 6.03 Å². The number of nitrogens with one attached hydrogen (secondary N) is 1. The minimum atomic E-state index is -0.000278. The van der Waals surface area contributed by atoms with Gasteiger partial charge in [-0.15, -0.1) is 0 Å². The molecule has 0 bridgehead atoms. The summed E-state index contributed by atoms with van der Waals surface area (Å²) in [7, 11) is 1.75. The van der Waals surface area contributed by atoms with E-state index in [1.54, 1.807) is 16.8 Å². The summed E-state index contributed by atoms with van der Waals surface area (Å²) in [5.41, 5.74) is 0. The smallest absolute Gasteiger partial charge is 0.320 e. The number of nitrogens with zero attached hydrogens (tertiary/aromatic N) is 4. The lowest BCUT2D eigenvalue weighted by atomic mass is 10.4. The summed E-state index contributed by atoms with van der Waals surface area (Å²) < 4.78 is 5.19. The largest absolute Gasteiger partial charge is 0.378 e. The standard InChI is InChI=1S/C9H15N5O2/c1-13(6-8-10-7-11-12-8)9(15)14-2-4-16-5-3-14/h7H,2-6H2,1H3,(H,10,11,12). The Morgan fingerprint density at radius 3 is 3.00 bits per heavy atom. The molecule has 0 atom stereocenters. The van der Waals surface area contributed by atoms with E-state index in [2.05, 4.69) is 15.2 Å². The van der Waals surface area contributed by atoms with Crippen LogP contribution in [-0.4, -0.2) is 64.4 Å². The van der Waals surface area contributed by atoms with Crippen LogP contribution in [0.15, 0.2) is 6.33 Å².